The number of ether oxygens (including phenoxy) is 1. The summed E-state index contributed by atoms with van der Waals surface area (Å²) in [7, 11) is 1.35. The monoisotopic (exact) mass is 234 g/mol. The molecule has 90 valence electrons. The van der Waals surface area contributed by atoms with Crippen molar-refractivity contribution in [1.82, 2.24) is 5.01 Å². The zero-order chi connectivity index (χ0) is 12.4. The summed E-state index contributed by atoms with van der Waals surface area (Å²) < 4.78 is 4.66. The highest BCUT2D eigenvalue weighted by atomic mass is 16.5. The molecule has 0 aliphatic carbocycles. The van der Waals surface area contributed by atoms with E-state index in [1.54, 1.807) is 35.5 Å². The van der Waals surface area contributed by atoms with Crippen LogP contribution in [-0.4, -0.2) is 24.4 Å². The number of hydrogen-bond acceptors (Lipinski definition) is 6. The quantitative estimate of drug-likeness (QED) is 0.561. The van der Waals surface area contributed by atoms with Crippen molar-refractivity contribution in [3.8, 4) is 0 Å². The van der Waals surface area contributed by atoms with E-state index in [4.69, 9.17) is 11.6 Å². The highest BCUT2D eigenvalue weighted by molar-refractivity contribution is 5.90. The zero-order valence-corrected chi connectivity index (χ0v) is 9.41. The fraction of sp³-hybridized carbons (Fsp3) is 0.182. The van der Waals surface area contributed by atoms with E-state index >= 15 is 0 Å². The van der Waals surface area contributed by atoms with Gasteiger partial charge < -0.3 is 9.64 Å². The molecular formula is C11H14N4O2. The summed E-state index contributed by atoms with van der Waals surface area (Å²) in [5, 5.41) is 1.38. The van der Waals surface area contributed by atoms with Gasteiger partial charge in [0.25, 0.3) is 0 Å². The molecule has 1 aliphatic heterocycles. The highest BCUT2D eigenvalue weighted by Crippen LogP contribution is 2.21. The van der Waals surface area contributed by atoms with Crippen LogP contribution in [0.2, 0.25) is 0 Å². The Morgan fingerprint density at radius 2 is 2.18 bits per heavy atom. The number of nitrogens with zero attached hydrogens (tertiary/aromatic N) is 2. The number of benzene rings is 1. The number of hydrogen-bond donors (Lipinski definition) is 2. The first-order valence-corrected chi connectivity index (χ1v) is 5.07. The van der Waals surface area contributed by atoms with Gasteiger partial charge in [0.05, 0.1) is 12.7 Å². The van der Waals surface area contributed by atoms with Crippen molar-refractivity contribution >= 4 is 11.7 Å². The van der Waals surface area contributed by atoms with E-state index in [1.165, 1.54) is 12.1 Å². The number of nitrogens with two attached hydrogens (primary N) is 2. The Kier molecular flexibility index (Phi) is 2.99. The summed E-state index contributed by atoms with van der Waals surface area (Å²) in [4.78, 5) is 13.2. The maximum atomic E-state index is 11.4. The zero-order valence-electron chi connectivity index (χ0n) is 9.41. The summed E-state index contributed by atoms with van der Waals surface area (Å²) >= 11 is 0. The third-order valence-corrected chi connectivity index (χ3v) is 2.56. The molecule has 0 radical (unpaired) electrons. The minimum absolute atomic E-state index is 0.381. The summed E-state index contributed by atoms with van der Waals surface area (Å²) in [5.41, 5.74) is 7.12. The summed E-state index contributed by atoms with van der Waals surface area (Å²) in [6.07, 6.45) is 2.94. The first-order chi connectivity index (χ1) is 8.13. The van der Waals surface area contributed by atoms with Crippen molar-refractivity contribution in [2.45, 2.75) is 6.29 Å². The van der Waals surface area contributed by atoms with Crippen molar-refractivity contribution in [3.63, 3.8) is 0 Å². The highest BCUT2D eigenvalue weighted by Gasteiger charge is 2.21. The van der Waals surface area contributed by atoms with Gasteiger partial charge in [-0.1, -0.05) is 6.07 Å². The normalized spacial score (nSPS) is 18.6. The van der Waals surface area contributed by atoms with E-state index in [2.05, 4.69) is 4.74 Å². The van der Waals surface area contributed by atoms with Gasteiger partial charge in [0.2, 0.25) is 0 Å². The Morgan fingerprint density at radius 1 is 1.41 bits per heavy atom. The fourth-order valence-corrected chi connectivity index (χ4v) is 1.62. The van der Waals surface area contributed by atoms with Crippen LogP contribution in [-0.2, 0) is 4.74 Å². The number of carbonyl (C=O) groups is 1. The molecule has 1 heterocycles. The standard InChI is InChI=1S/C11H14N4O2/c1-17-10(16)8-3-2-4-9(7-8)14-5-6-15(13)11(14)12/h2-7,11H,12-13H2,1H3. The predicted octanol–water partition coefficient (Wildman–Crippen LogP) is 0.182. The average molecular weight is 234 g/mol. The molecule has 0 spiro atoms. The number of rotatable bonds is 2. The van der Waals surface area contributed by atoms with Crippen LogP contribution in [0.4, 0.5) is 5.69 Å². The molecule has 17 heavy (non-hydrogen) atoms. The Labute approximate surface area is 99.0 Å². The van der Waals surface area contributed by atoms with Crippen LogP contribution in [0.5, 0.6) is 0 Å². The lowest BCUT2D eigenvalue weighted by Crippen LogP contribution is -2.49. The molecule has 0 aromatic heterocycles. The minimum Gasteiger partial charge on any atom is -0.465 e. The Bertz CT molecular complexity index is 461. The van der Waals surface area contributed by atoms with Gasteiger partial charge in [0.15, 0.2) is 6.29 Å². The molecular weight excluding hydrogens is 220 g/mol. The molecule has 0 saturated heterocycles. The second-order valence-electron chi connectivity index (χ2n) is 3.61. The lowest BCUT2D eigenvalue weighted by atomic mass is 10.2. The average Bonchev–Trinajstić information content (AvgIpc) is 2.69. The Hall–Kier alpha value is -2.05. The van der Waals surface area contributed by atoms with Gasteiger partial charge in [-0.15, -0.1) is 0 Å². The second kappa shape index (κ2) is 4.44. The van der Waals surface area contributed by atoms with Gasteiger partial charge in [-0.25, -0.2) is 10.6 Å². The number of esters is 1. The van der Waals surface area contributed by atoms with Gasteiger partial charge in [-0.05, 0) is 18.2 Å². The molecule has 0 saturated carbocycles. The van der Waals surface area contributed by atoms with Gasteiger partial charge >= 0.3 is 5.97 Å². The lowest BCUT2D eigenvalue weighted by Gasteiger charge is -2.26. The van der Waals surface area contributed by atoms with Crippen LogP contribution in [0.15, 0.2) is 36.7 Å². The van der Waals surface area contributed by atoms with Crippen molar-refractivity contribution in [3.05, 3.63) is 42.2 Å². The third-order valence-electron chi connectivity index (χ3n) is 2.56. The van der Waals surface area contributed by atoms with E-state index in [-0.39, 0.29) is 5.97 Å². The van der Waals surface area contributed by atoms with E-state index in [0.717, 1.165) is 5.69 Å². The maximum Gasteiger partial charge on any atom is 0.337 e. The molecule has 1 aromatic carbocycles. The molecule has 0 bridgehead atoms. The third kappa shape index (κ3) is 2.08. The molecule has 0 fully saturated rings. The first-order valence-electron chi connectivity index (χ1n) is 5.07. The van der Waals surface area contributed by atoms with E-state index < -0.39 is 6.29 Å². The molecule has 6 nitrogen and oxygen atoms in total. The summed E-state index contributed by atoms with van der Waals surface area (Å²) in [5.74, 6) is 5.24. The Morgan fingerprint density at radius 3 is 2.76 bits per heavy atom. The van der Waals surface area contributed by atoms with Crippen molar-refractivity contribution in [2.75, 3.05) is 12.0 Å². The number of methoxy groups -OCH3 is 1. The molecule has 1 atom stereocenters. The minimum atomic E-state index is -0.470. The Balaban J connectivity index is 2.28. The molecule has 2 rings (SSSR count). The van der Waals surface area contributed by atoms with E-state index in [1.807, 2.05) is 6.07 Å². The maximum absolute atomic E-state index is 11.4. The van der Waals surface area contributed by atoms with Crippen molar-refractivity contribution in [2.24, 2.45) is 11.6 Å². The van der Waals surface area contributed by atoms with E-state index in [9.17, 15) is 4.79 Å². The van der Waals surface area contributed by atoms with Crippen molar-refractivity contribution in [1.29, 1.82) is 0 Å². The number of anilines is 1. The molecule has 4 N–H and O–H groups in total. The molecule has 1 aliphatic rings. The SMILES string of the molecule is COC(=O)c1cccc(N2C=CN(N)C2N)c1. The van der Waals surface area contributed by atoms with Crippen LogP contribution >= 0.6 is 0 Å². The van der Waals surface area contributed by atoms with Crippen LogP contribution in [0.1, 0.15) is 10.4 Å². The topological polar surface area (TPSA) is 84.8 Å². The van der Waals surface area contributed by atoms with Crippen molar-refractivity contribution < 1.29 is 9.53 Å². The first kappa shape index (κ1) is 11.4. The largest absolute Gasteiger partial charge is 0.465 e. The molecule has 1 unspecified atom stereocenters. The van der Waals surface area contributed by atoms with Crippen LogP contribution < -0.4 is 16.5 Å². The predicted molar refractivity (Wildman–Crippen MR) is 63.4 cm³/mol. The summed E-state index contributed by atoms with van der Waals surface area (Å²) in [6.45, 7) is 0. The van der Waals surface area contributed by atoms with Crippen LogP contribution in [0.25, 0.3) is 0 Å². The molecule has 1 aromatic rings. The van der Waals surface area contributed by atoms with Gasteiger partial charge in [-0.3, -0.25) is 10.7 Å². The van der Waals surface area contributed by atoms with Crippen LogP contribution in [0, 0.1) is 0 Å². The number of hydrazine groups is 1. The van der Waals surface area contributed by atoms with Gasteiger partial charge in [-0.2, -0.15) is 0 Å². The number of carbonyl (C=O) groups excluding carboxylic acids is 1. The van der Waals surface area contributed by atoms with Gasteiger partial charge in [0, 0.05) is 18.1 Å². The molecule has 0 amide bonds. The smallest absolute Gasteiger partial charge is 0.337 e. The lowest BCUT2D eigenvalue weighted by molar-refractivity contribution is 0.0601. The van der Waals surface area contributed by atoms with Crippen LogP contribution in [0.3, 0.4) is 0 Å². The molecule has 6 heteroatoms. The second-order valence-corrected chi connectivity index (χ2v) is 3.61. The summed E-state index contributed by atoms with van der Waals surface area (Å²) in [6, 6.07) is 6.99. The van der Waals surface area contributed by atoms with Gasteiger partial charge in [0.1, 0.15) is 0 Å². The fourth-order valence-electron chi connectivity index (χ4n) is 1.62. The van der Waals surface area contributed by atoms with E-state index in [0.29, 0.717) is 5.56 Å².